The zero-order valence-corrected chi connectivity index (χ0v) is 15.6. The van der Waals surface area contributed by atoms with Crippen LogP contribution in [0.5, 0.6) is 0 Å². The number of hydrogen-bond donors (Lipinski definition) is 2. The molecular weight excluding hydrogens is 357 g/mol. The van der Waals surface area contributed by atoms with Crippen LogP contribution in [0.4, 0.5) is 10.2 Å². The molecule has 1 atom stereocenters. The number of nitrogens with zero attached hydrogens (tertiary/aromatic N) is 1. The fourth-order valence-electron chi connectivity index (χ4n) is 3.66. The van der Waals surface area contributed by atoms with Crippen LogP contribution in [0, 0.1) is 5.82 Å². The molecule has 0 fully saturated rings. The van der Waals surface area contributed by atoms with Gasteiger partial charge in [-0.3, -0.25) is 5.10 Å². The molecule has 0 saturated carbocycles. The maximum Gasteiger partial charge on any atom is 0.336 e. The molecule has 2 aromatic carbocycles. The molecule has 0 saturated heterocycles. The normalized spacial score (nSPS) is 15.8. The van der Waals surface area contributed by atoms with E-state index in [2.05, 4.69) is 15.5 Å². The molecule has 1 unspecified atom stereocenters. The maximum atomic E-state index is 14.0. The number of fused-ring (bicyclic) bond motifs is 1. The standard InChI is InChI=1S/C22H20FN3O2/c1-3-28-22(27)17-13(2)24-21-19(18(17)15-10-7-11-16(23)12-15)20(25-26-21)14-8-5-4-6-9-14/h4-12,18H,3H2,1-2H3,(H2,24,25,26). The highest BCUT2D eigenvalue weighted by atomic mass is 19.1. The van der Waals surface area contributed by atoms with Crippen LogP contribution in [0.1, 0.15) is 30.9 Å². The molecule has 1 aromatic heterocycles. The van der Waals surface area contributed by atoms with Gasteiger partial charge >= 0.3 is 5.97 Å². The number of hydrogen-bond acceptors (Lipinski definition) is 4. The van der Waals surface area contributed by atoms with E-state index < -0.39 is 11.9 Å². The molecule has 4 rings (SSSR count). The lowest BCUT2D eigenvalue weighted by atomic mass is 9.80. The molecule has 3 aromatic rings. The summed E-state index contributed by atoms with van der Waals surface area (Å²) in [5.41, 5.74) is 4.20. The van der Waals surface area contributed by atoms with Gasteiger partial charge in [0, 0.05) is 22.7 Å². The van der Waals surface area contributed by atoms with Gasteiger partial charge in [0.25, 0.3) is 0 Å². The summed E-state index contributed by atoms with van der Waals surface area (Å²) in [5, 5.41) is 10.7. The first-order valence-electron chi connectivity index (χ1n) is 9.14. The van der Waals surface area contributed by atoms with E-state index in [-0.39, 0.29) is 12.4 Å². The number of nitrogens with one attached hydrogen (secondary N) is 2. The number of esters is 1. The molecule has 2 N–H and O–H groups in total. The second-order valence-electron chi connectivity index (χ2n) is 6.60. The molecule has 142 valence electrons. The van der Waals surface area contributed by atoms with Crippen molar-refractivity contribution < 1.29 is 13.9 Å². The van der Waals surface area contributed by atoms with Crippen molar-refractivity contribution in [3.05, 3.63) is 82.8 Å². The van der Waals surface area contributed by atoms with Gasteiger partial charge < -0.3 is 10.1 Å². The average molecular weight is 377 g/mol. The Bertz CT molecular complexity index is 1060. The molecule has 0 radical (unpaired) electrons. The molecule has 0 bridgehead atoms. The van der Waals surface area contributed by atoms with Crippen molar-refractivity contribution in [1.82, 2.24) is 10.2 Å². The molecule has 6 heteroatoms. The number of allylic oxidation sites excluding steroid dienone is 1. The number of aromatic amines is 1. The van der Waals surface area contributed by atoms with Gasteiger partial charge in [-0.15, -0.1) is 0 Å². The predicted octanol–water partition coefficient (Wildman–Crippen LogP) is 4.61. The smallest absolute Gasteiger partial charge is 0.336 e. The van der Waals surface area contributed by atoms with Crippen molar-refractivity contribution in [2.45, 2.75) is 19.8 Å². The van der Waals surface area contributed by atoms with Gasteiger partial charge in [0.15, 0.2) is 0 Å². The van der Waals surface area contributed by atoms with Gasteiger partial charge in [-0.2, -0.15) is 5.10 Å². The quantitative estimate of drug-likeness (QED) is 0.652. The van der Waals surface area contributed by atoms with Crippen LogP contribution in [0.25, 0.3) is 11.3 Å². The van der Waals surface area contributed by atoms with Crippen LogP contribution >= 0.6 is 0 Å². The first-order valence-corrected chi connectivity index (χ1v) is 9.14. The average Bonchev–Trinajstić information content (AvgIpc) is 3.11. The van der Waals surface area contributed by atoms with Crippen LogP contribution in [0.3, 0.4) is 0 Å². The Balaban J connectivity index is 1.95. The van der Waals surface area contributed by atoms with E-state index in [1.165, 1.54) is 12.1 Å². The highest BCUT2D eigenvalue weighted by Crippen LogP contribution is 2.45. The number of benzene rings is 2. The summed E-state index contributed by atoms with van der Waals surface area (Å²) in [4.78, 5) is 12.8. The van der Waals surface area contributed by atoms with E-state index >= 15 is 0 Å². The maximum absolute atomic E-state index is 14.0. The third-order valence-corrected chi connectivity index (χ3v) is 4.82. The Kier molecular flexibility index (Phi) is 4.69. The van der Waals surface area contributed by atoms with Crippen molar-refractivity contribution in [1.29, 1.82) is 0 Å². The third kappa shape index (κ3) is 3.07. The minimum atomic E-state index is -0.500. The fraction of sp³-hybridized carbons (Fsp3) is 0.182. The lowest BCUT2D eigenvalue weighted by Crippen LogP contribution is -2.24. The topological polar surface area (TPSA) is 67.0 Å². The monoisotopic (exact) mass is 377 g/mol. The van der Waals surface area contributed by atoms with Crippen molar-refractivity contribution in [2.24, 2.45) is 0 Å². The first kappa shape index (κ1) is 18.0. The SMILES string of the molecule is CCOC(=O)C1=C(C)Nc2[nH]nc(-c3ccccc3)c2C1c1cccc(F)c1. The third-order valence-electron chi connectivity index (χ3n) is 4.82. The minimum absolute atomic E-state index is 0.259. The predicted molar refractivity (Wildman–Crippen MR) is 105 cm³/mol. The van der Waals surface area contributed by atoms with E-state index in [4.69, 9.17) is 4.74 Å². The Labute approximate surface area is 162 Å². The highest BCUT2D eigenvalue weighted by Gasteiger charge is 2.37. The number of anilines is 1. The summed E-state index contributed by atoms with van der Waals surface area (Å²) < 4.78 is 19.4. The Morgan fingerprint density at radius 3 is 2.68 bits per heavy atom. The number of carbonyl (C=O) groups excluding carboxylic acids is 1. The van der Waals surface area contributed by atoms with Gasteiger partial charge in [-0.05, 0) is 31.5 Å². The van der Waals surface area contributed by atoms with Gasteiger partial charge in [-0.25, -0.2) is 9.18 Å². The first-order chi connectivity index (χ1) is 13.6. The van der Waals surface area contributed by atoms with Gasteiger partial charge in [0.2, 0.25) is 0 Å². The Morgan fingerprint density at radius 2 is 1.96 bits per heavy atom. The van der Waals surface area contributed by atoms with Gasteiger partial charge in [0.1, 0.15) is 11.6 Å². The fourth-order valence-corrected chi connectivity index (χ4v) is 3.66. The van der Waals surface area contributed by atoms with Crippen LogP contribution in [0.15, 0.2) is 65.9 Å². The number of halogens is 1. The molecule has 0 spiro atoms. The van der Waals surface area contributed by atoms with E-state index in [1.54, 1.807) is 13.0 Å². The highest BCUT2D eigenvalue weighted by molar-refractivity contribution is 5.95. The second kappa shape index (κ2) is 7.31. The van der Waals surface area contributed by atoms with Crippen LogP contribution < -0.4 is 5.32 Å². The van der Waals surface area contributed by atoms with Crippen molar-refractivity contribution in [3.63, 3.8) is 0 Å². The largest absolute Gasteiger partial charge is 0.463 e. The van der Waals surface area contributed by atoms with Crippen molar-refractivity contribution in [2.75, 3.05) is 11.9 Å². The summed E-state index contributed by atoms with van der Waals surface area (Å²) in [6, 6.07) is 16.0. The summed E-state index contributed by atoms with van der Waals surface area (Å²) in [6.45, 7) is 3.83. The minimum Gasteiger partial charge on any atom is -0.463 e. The van der Waals surface area contributed by atoms with Crippen LogP contribution in [-0.2, 0) is 9.53 Å². The lowest BCUT2D eigenvalue weighted by Gasteiger charge is -2.28. The Hall–Kier alpha value is -3.41. The summed E-state index contributed by atoms with van der Waals surface area (Å²) in [6.07, 6.45) is 0. The number of carbonyl (C=O) groups is 1. The van der Waals surface area contributed by atoms with Gasteiger partial charge in [-0.1, -0.05) is 42.5 Å². The zero-order chi connectivity index (χ0) is 19.7. The van der Waals surface area contributed by atoms with E-state index in [1.807, 2.05) is 43.3 Å². The van der Waals surface area contributed by atoms with E-state index in [9.17, 15) is 9.18 Å². The molecule has 0 amide bonds. The van der Waals surface area contributed by atoms with Crippen molar-refractivity contribution >= 4 is 11.8 Å². The molecule has 1 aliphatic heterocycles. The van der Waals surface area contributed by atoms with Crippen LogP contribution in [-0.4, -0.2) is 22.8 Å². The zero-order valence-electron chi connectivity index (χ0n) is 15.6. The number of aromatic nitrogens is 2. The van der Waals surface area contributed by atoms with E-state index in [0.717, 1.165) is 11.1 Å². The molecule has 5 nitrogen and oxygen atoms in total. The second-order valence-corrected chi connectivity index (χ2v) is 6.60. The summed E-state index contributed by atoms with van der Waals surface area (Å²) in [5.74, 6) is -0.588. The lowest BCUT2D eigenvalue weighted by molar-refractivity contribution is -0.138. The van der Waals surface area contributed by atoms with E-state index in [0.29, 0.717) is 28.3 Å². The number of rotatable bonds is 4. The molecular formula is C22H20FN3O2. The molecule has 1 aliphatic rings. The van der Waals surface area contributed by atoms with Crippen molar-refractivity contribution in [3.8, 4) is 11.3 Å². The molecule has 2 heterocycles. The summed E-state index contributed by atoms with van der Waals surface area (Å²) in [7, 11) is 0. The number of ether oxygens (including phenoxy) is 1. The Morgan fingerprint density at radius 1 is 1.18 bits per heavy atom. The van der Waals surface area contributed by atoms with Gasteiger partial charge in [0.05, 0.1) is 17.9 Å². The summed E-state index contributed by atoms with van der Waals surface area (Å²) >= 11 is 0. The molecule has 28 heavy (non-hydrogen) atoms. The molecule has 0 aliphatic carbocycles. The van der Waals surface area contributed by atoms with Crippen LogP contribution in [0.2, 0.25) is 0 Å². The number of H-pyrrole nitrogens is 1.